The van der Waals surface area contributed by atoms with Gasteiger partial charge in [-0.25, -0.2) is 4.39 Å². The molecule has 0 N–H and O–H groups in total. The minimum absolute atomic E-state index is 0.0459. The van der Waals surface area contributed by atoms with Crippen LogP contribution in [0.5, 0.6) is 0 Å². The van der Waals surface area contributed by atoms with E-state index in [1.165, 1.54) is 24.3 Å². The first kappa shape index (κ1) is 12.9. The molecule has 0 spiro atoms. The lowest BCUT2D eigenvalue weighted by molar-refractivity contribution is -0.147. The van der Waals surface area contributed by atoms with Crippen molar-refractivity contribution in [3.8, 4) is 0 Å². The number of carbonyl (C=O) groups is 2. The summed E-state index contributed by atoms with van der Waals surface area (Å²) in [4.78, 5) is 23.8. The van der Waals surface area contributed by atoms with E-state index in [2.05, 4.69) is 0 Å². The molecule has 18 heavy (non-hydrogen) atoms. The van der Waals surface area contributed by atoms with Crippen molar-refractivity contribution in [2.45, 2.75) is 25.9 Å². The van der Waals surface area contributed by atoms with Gasteiger partial charge in [-0.05, 0) is 24.1 Å². The van der Waals surface area contributed by atoms with Crippen molar-refractivity contribution in [1.82, 2.24) is 0 Å². The minimum atomic E-state index is -0.736. The van der Waals surface area contributed by atoms with E-state index in [1.54, 1.807) is 6.92 Å². The van der Waals surface area contributed by atoms with Crippen molar-refractivity contribution in [3.05, 3.63) is 35.6 Å². The van der Waals surface area contributed by atoms with Gasteiger partial charge >= 0.3 is 0 Å². The third-order valence-electron chi connectivity index (χ3n) is 3.20. The van der Waals surface area contributed by atoms with Crippen molar-refractivity contribution < 1.29 is 18.7 Å². The number of hydrogen-bond acceptors (Lipinski definition) is 3. The van der Waals surface area contributed by atoms with Crippen LogP contribution in [-0.4, -0.2) is 18.2 Å². The number of benzene rings is 1. The number of ether oxygens (including phenoxy) is 1. The Morgan fingerprint density at radius 1 is 1.39 bits per heavy atom. The summed E-state index contributed by atoms with van der Waals surface area (Å²) in [5.41, 5.74) is 0.606. The van der Waals surface area contributed by atoms with E-state index in [0.29, 0.717) is 25.0 Å². The Balaban J connectivity index is 2.21. The Labute approximate surface area is 105 Å². The maximum absolute atomic E-state index is 12.8. The molecule has 96 valence electrons. The van der Waals surface area contributed by atoms with Crippen LogP contribution < -0.4 is 0 Å². The molecule has 0 amide bonds. The summed E-state index contributed by atoms with van der Waals surface area (Å²) in [6, 6.07) is 5.63. The third kappa shape index (κ3) is 2.48. The number of carbonyl (C=O) groups excluding carboxylic acids is 2. The molecule has 1 aliphatic heterocycles. The molecule has 4 heteroatoms. The molecule has 0 saturated carbocycles. The van der Waals surface area contributed by atoms with Gasteiger partial charge in [0.15, 0.2) is 5.78 Å². The van der Waals surface area contributed by atoms with Crippen LogP contribution in [0.25, 0.3) is 0 Å². The van der Waals surface area contributed by atoms with Gasteiger partial charge in [0.2, 0.25) is 0 Å². The Bertz CT molecular complexity index is 453. The van der Waals surface area contributed by atoms with Gasteiger partial charge in [-0.1, -0.05) is 19.1 Å². The first-order valence-electron chi connectivity index (χ1n) is 6.07. The lowest BCUT2D eigenvalue weighted by atomic mass is 9.86. The Morgan fingerprint density at radius 3 is 2.67 bits per heavy atom. The molecular formula is C14H15FO3. The normalized spacial score (nSPS) is 24.0. The van der Waals surface area contributed by atoms with Crippen LogP contribution in [0.3, 0.4) is 0 Å². The first-order valence-corrected chi connectivity index (χ1v) is 6.07. The summed E-state index contributed by atoms with van der Waals surface area (Å²) < 4.78 is 18.2. The molecule has 1 aromatic rings. The predicted molar refractivity (Wildman–Crippen MR) is 63.5 cm³/mol. The van der Waals surface area contributed by atoms with Gasteiger partial charge in [0.1, 0.15) is 17.7 Å². The van der Waals surface area contributed by atoms with Crippen LogP contribution in [0.2, 0.25) is 0 Å². The fourth-order valence-electron chi connectivity index (χ4n) is 2.17. The van der Waals surface area contributed by atoms with E-state index in [4.69, 9.17) is 4.74 Å². The SMILES string of the molecule is CCC(=O)C1CCOC(c2ccc(F)cc2)C1=O. The monoisotopic (exact) mass is 250 g/mol. The fraction of sp³-hybridized carbons (Fsp3) is 0.429. The molecule has 2 atom stereocenters. The van der Waals surface area contributed by atoms with Crippen molar-refractivity contribution in [2.75, 3.05) is 6.61 Å². The highest BCUT2D eigenvalue weighted by atomic mass is 19.1. The Kier molecular flexibility index (Phi) is 3.87. The van der Waals surface area contributed by atoms with Gasteiger partial charge in [-0.15, -0.1) is 0 Å². The summed E-state index contributed by atoms with van der Waals surface area (Å²) in [7, 11) is 0. The van der Waals surface area contributed by atoms with Gasteiger partial charge in [0.25, 0.3) is 0 Å². The van der Waals surface area contributed by atoms with Crippen LogP contribution in [0.1, 0.15) is 31.4 Å². The zero-order valence-electron chi connectivity index (χ0n) is 10.2. The molecule has 0 bridgehead atoms. The predicted octanol–water partition coefficient (Wildman–Crippen LogP) is 2.45. The average molecular weight is 250 g/mol. The zero-order valence-corrected chi connectivity index (χ0v) is 10.2. The zero-order chi connectivity index (χ0) is 13.1. The number of ketones is 2. The molecule has 0 aromatic heterocycles. The van der Waals surface area contributed by atoms with Gasteiger partial charge in [0.05, 0.1) is 5.92 Å². The molecule has 1 aliphatic rings. The quantitative estimate of drug-likeness (QED) is 0.774. The number of hydrogen-bond donors (Lipinski definition) is 0. The van der Waals surface area contributed by atoms with Gasteiger partial charge in [0, 0.05) is 13.0 Å². The number of rotatable bonds is 3. The molecular weight excluding hydrogens is 235 g/mol. The van der Waals surface area contributed by atoms with E-state index in [9.17, 15) is 14.0 Å². The number of Topliss-reactive ketones (excluding diaryl/α,β-unsaturated/α-hetero) is 2. The van der Waals surface area contributed by atoms with Crippen LogP contribution >= 0.6 is 0 Å². The Morgan fingerprint density at radius 2 is 2.06 bits per heavy atom. The molecule has 1 aromatic carbocycles. The highest BCUT2D eigenvalue weighted by Crippen LogP contribution is 2.29. The van der Waals surface area contributed by atoms with Crippen molar-refractivity contribution >= 4 is 11.6 Å². The second-order valence-electron chi connectivity index (χ2n) is 4.37. The van der Waals surface area contributed by atoms with E-state index < -0.39 is 12.0 Å². The molecule has 2 rings (SSSR count). The summed E-state index contributed by atoms with van der Waals surface area (Å²) in [6.07, 6.45) is 0.0651. The van der Waals surface area contributed by atoms with E-state index in [0.717, 1.165) is 0 Å². The highest BCUT2D eigenvalue weighted by Gasteiger charge is 2.36. The second kappa shape index (κ2) is 5.40. The molecule has 3 nitrogen and oxygen atoms in total. The van der Waals surface area contributed by atoms with Crippen molar-refractivity contribution in [2.24, 2.45) is 5.92 Å². The minimum Gasteiger partial charge on any atom is -0.366 e. The molecule has 2 unspecified atom stereocenters. The summed E-state index contributed by atoms with van der Waals surface area (Å²) in [5.74, 6) is -1.18. The smallest absolute Gasteiger partial charge is 0.176 e. The Hall–Kier alpha value is -1.55. The summed E-state index contributed by atoms with van der Waals surface area (Å²) >= 11 is 0. The van der Waals surface area contributed by atoms with Crippen molar-refractivity contribution in [1.29, 1.82) is 0 Å². The largest absolute Gasteiger partial charge is 0.366 e. The molecule has 1 saturated heterocycles. The molecule has 1 fully saturated rings. The van der Waals surface area contributed by atoms with Crippen molar-refractivity contribution in [3.63, 3.8) is 0 Å². The lowest BCUT2D eigenvalue weighted by Crippen LogP contribution is -2.35. The van der Waals surface area contributed by atoms with E-state index in [-0.39, 0.29) is 17.4 Å². The van der Waals surface area contributed by atoms with Gasteiger partial charge < -0.3 is 4.74 Å². The van der Waals surface area contributed by atoms with E-state index >= 15 is 0 Å². The maximum Gasteiger partial charge on any atom is 0.176 e. The summed E-state index contributed by atoms with van der Waals surface area (Å²) in [5, 5.41) is 0. The summed E-state index contributed by atoms with van der Waals surface area (Å²) in [6.45, 7) is 2.13. The first-order chi connectivity index (χ1) is 8.63. The molecule has 0 aliphatic carbocycles. The number of halogens is 1. The molecule has 0 radical (unpaired) electrons. The third-order valence-corrected chi connectivity index (χ3v) is 3.20. The van der Waals surface area contributed by atoms with Crippen LogP contribution in [0.15, 0.2) is 24.3 Å². The molecule has 1 heterocycles. The van der Waals surface area contributed by atoms with Gasteiger partial charge in [-0.2, -0.15) is 0 Å². The fourth-order valence-corrected chi connectivity index (χ4v) is 2.17. The highest BCUT2D eigenvalue weighted by molar-refractivity contribution is 6.04. The lowest BCUT2D eigenvalue weighted by Gasteiger charge is -2.27. The average Bonchev–Trinajstić information content (AvgIpc) is 2.39. The van der Waals surface area contributed by atoms with Crippen LogP contribution in [-0.2, 0) is 14.3 Å². The second-order valence-corrected chi connectivity index (χ2v) is 4.37. The standard InChI is InChI=1S/C14H15FO3/c1-2-12(16)11-7-8-18-14(13(11)17)9-3-5-10(15)6-4-9/h3-6,11,14H,2,7-8H2,1H3. The van der Waals surface area contributed by atoms with E-state index in [1.807, 2.05) is 0 Å². The van der Waals surface area contributed by atoms with Crippen LogP contribution in [0, 0.1) is 11.7 Å². The van der Waals surface area contributed by atoms with Gasteiger partial charge in [-0.3, -0.25) is 9.59 Å². The topological polar surface area (TPSA) is 43.4 Å². The maximum atomic E-state index is 12.8. The van der Waals surface area contributed by atoms with Crippen LogP contribution in [0.4, 0.5) is 4.39 Å².